The fourth-order valence-corrected chi connectivity index (χ4v) is 2.43. The molecule has 1 N–H and O–H groups in total. The highest BCUT2D eigenvalue weighted by atomic mass is 79.9. The molecule has 7 heteroatoms. The summed E-state index contributed by atoms with van der Waals surface area (Å²) in [5.41, 5.74) is 3.05. The number of aromatic nitrogens is 3. The van der Waals surface area contributed by atoms with E-state index in [1.54, 1.807) is 24.5 Å². The van der Waals surface area contributed by atoms with E-state index in [1.165, 1.54) is 0 Å². The molecule has 3 rings (SSSR count). The number of rotatable bonds is 3. The van der Waals surface area contributed by atoms with Crippen molar-refractivity contribution in [1.82, 2.24) is 14.4 Å². The molecule has 0 unspecified atom stereocenters. The third-order valence-corrected chi connectivity index (χ3v) is 3.74. The number of hydrogen-bond donors (Lipinski definition) is 1. The van der Waals surface area contributed by atoms with Gasteiger partial charge in [-0.1, -0.05) is 11.6 Å². The van der Waals surface area contributed by atoms with E-state index in [0.717, 1.165) is 21.6 Å². The maximum absolute atomic E-state index is 8.98. The first-order chi connectivity index (χ1) is 10.2. The van der Waals surface area contributed by atoms with Gasteiger partial charge in [0.15, 0.2) is 5.65 Å². The van der Waals surface area contributed by atoms with Gasteiger partial charge in [0.2, 0.25) is 0 Å². The van der Waals surface area contributed by atoms with Crippen molar-refractivity contribution in [3.63, 3.8) is 0 Å². The summed E-state index contributed by atoms with van der Waals surface area (Å²) in [6, 6.07) is 7.33. The molecule has 0 spiro atoms. The zero-order valence-electron chi connectivity index (χ0n) is 10.7. The summed E-state index contributed by atoms with van der Waals surface area (Å²) in [4.78, 5) is 8.42. The lowest BCUT2D eigenvalue weighted by molar-refractivity contribution is 0.983. The van der Waals surface area contributed by atoms with Crippen molar-refractivity contribution < 1.29 is 0 Å². The third kappa shape index (κ3) is 2.84. The van der Waals surface area contributed by atoms with Gasteiger partial charge in [0, 0.05) is 11.9 Å². The molecule has 0 aliphatic rings. The number of fused-ring (bicyclic) bond motifs is 1. The minimum absolute atomic E-state index is 0.451. The predicted octanol–water partition coefficient (Wildman–Crippen LogP) is 3.63. The van der Waals surface area contributed by atoms with E-state index in [2.05, 4.69) is 37.3 Å². The number of halogens is 2. The van der Waals surface area contributed by atoms with Crippen LogP contribution in [0.2, 0.25) is 5.02 Å². The number of hydrogen-bond acceptors (Lipinski definition) is 4. The maximum Gasteiger partial charge on any atom is 0.155 e. The molecule has 2 aromatic heterocycles. The summed E-state index contributed by atoms with van der Waals surface area (Å²) >= 11 is 9.26. The molecule has 104 valence electrons. The molecule has 0 atom stereocenters. The minimum Gasteiger partial charge on any atom is -0.379 e. The topological polar surface area (TPSA) is 66.0 Å². The SMILES string of the molecule is N#Cc1cc(NCc2cnc3cnc(Br)cn23)ccc1Cl. The van der Waals surface area contributed by atoms with Crippen molar-refractivity contribution in [2.45, 2.75) is 6.54 Å². The van der Waals surface area contributed by atoms with Crippen LogP contribution >= 0.6 is 27.5 Å². The van der Waals surface area contributed by atoms with Crippen LogP contribution in [0.3, 0.4) is 0 Å². The number of nitriles is 1. The van der Waals surface area contributed by atoms with Crippen LogP contribution in [0.25, 0.3) is 5.65 Å². The monoisotopic (exact) mass is 361 g/mol. The second-order valence-electron chi connectivity index (χ2n) is 4.35. The molecule has 0 aliphatic heterocycles. The van der Waals surface area contributed by atoms with Crippen LogP contribution in [-0.4, -0.2) is 14.4 Å². The first kappa shape index (κ1) is 13.9. The molecular weight excluding hydrogens is 354 g/mol. The van der Waals surface area contributed by atoms with Crippen molar-refractivity contribution >= 4 is 38.9 Å². The fourth-order valence-electron chi connectivity index (χ4n) is 1.96. The molecule has 3 aromatic rings. The van der Waals surface area contributed by atoms with E-state index < -0.39 is 0 Å². The standard InChI is InChI=1S/C14H9BrClN5/c15-13-8-21-11(6-20-14(21)7-19-13)5-18-10-1-2-12(16)9(3-10)4-17/h1-3,6-8,18H,5H2. The van der Waals surface area contributed by atoms with Crippen LogP contribution in [0.5, 0.6) is 0 Å². The Bertz CT molecular complexity index is 852. The summed E-state index contributed by atoms with van der Waals surface area (Å²) in [6.45, 7) is 0.574. The molecule has 0 aliphatic carbocycles. The molecule has 0 bridgehead atoms. The Labute approximate surface area is 134 Å². The quantitative estimate of drug-likeness (QED) is 0.772. The summed E-state index contributed by atoms with van der Waals surface area (Å²) in [6.07, 6.45) is 5.35. The third-order valence-electron chi connectivity index (χ3n) is 3.00. The Morgan fingerprint density at radius 3 is 3.00 bits per heavy atom. The Balaban J connectivity index is 1.84. The van der Waals surface area contributed by atoms with E-state index in [1.807, 2.05) is 16.7 Å². The van der Waals surface area contributed by atoms with Crippen LogP contribution in [0.1, 0.15) is 11.3 Å². The molecule has 0 saturated heterocycles. The normalized spacial score (nSPS) is 10.5. The van der Waals surface area contributed by atoms with Gasteiger partial charge in [-0.25, -0.2) is 9.97 Å². The van der Waals surface area contributed by atoms with Crippen molar-refractivity contribution in [3.05, 3.63) is 57.7 Å². The molecule has 0 fully saturated rings. The van der Waals surface area contributed by atoms with Crippen molar-refractivity contribution in [2.75, 3.05) is 5.32 Å². The Kier molecular flexibility index (Phi) is 3.78. The Morgan fingerprint density at radius 1 is 1.33 bits per heavy atom. The first-order valence-corrected chi connectivity index (χ1v) is 7.25. The highest BCUT2D eigenvalue weighted by molar-refractivity contribution is 9.10. The highest BCUT2D eigenvalue weighted by Gasteiger charge is 2.05. The van der Waals surface area contributed by atoms with Crippen molar-refractivity contribution in [2.24, 2.45) is 0 Å². The van der Waals surface area contributed by atoms with Gasteiger partial charge in [-0.15, -0.1) is 0 Å². The number of nitrogens with zero attached hydrogens (tertiary/aromatic N) is 4. The van der Waals surface area contributed by atoms with Crippen LogP contribution in [0.15, 0.2) is 41.4 Å². The summed E-state index contributed by atoms with van der Waals surface area (Å²) in [7, 11) is 0. The molecule has 0 amide bonds. The molecule has 5 nitrogen and oxygen atoms in total. The highest BCUT2D eigenvalue weighted by Crippen LogP contribution is 2.20. The van der Waals surface area contributed by atoms with Crippen LogP contribution in [0, 0.1) is 11.3 Å². The van der Waals surface area contributed by atoms with Gasteiger partial charge in [0.1, 0.15) is 10.7 Å². The van der Waals surface area contributed by atoms with Gasteiger partial charge in [-0.3, -0.25) is 4.40 Å². The van der Waals surface area contributed by atoms with E-state index in [9.17, 15) is 0 Å². The van der Waals surface area contributed by atoms with Crippen molar-refractivity contribution in [1.29, 1.82) is 5.26 Å². The predicted molar refractivity (Wildman–Crippen MR) is 84.2 cm³/mol. The van der Waals surface area contributed by atoms with Crippen LogP contribution < -0.4 is 5.32 Å². The molecular formula is C14H9BrClN5. The lowest BCUT2D eigenvalue weighted by Gasteiger charge is -2.07. The van der Waals surface area contributed by atoms with Gasteiger partial charge >= 0.3 is 0 Å². The lowest BCUT2D eigenvalue weighted by atomic mass is 10.2. The van der Waals surface area contributed by atoms with E-state index in [-0.39, 0.29) is 0 Å². The molecule has 2 heterocycles. The summed E-state index contributed by atoms with van der Waals surface area (Å²) in [5, 5.41) is 12.7. The summed E-state index contributed by atoms with van der Waals surface area (Å²) in [5.74, 6) is 0. The van der Waals surface area contributed by atoms with E-state index in [0.29, 0.717) is 17.1 Å². The number of imidazole rings is 1. The van der Waals surface area contributed by atoms with Gasteiger partial charge in [-0.2, -0.15) is 5.26 Å². The van der Waals surface area contributed by atoms with Gasteiger partial charge < -0.3 is 5.32 Å². The first-order valence-electron chi connectivity index (χ1n) is 6.08. The van der Waals surface area contributed by atoms with Crippen LogP contribution in [-0.2, 0) is 6.54 Å². The molecule has 0 radical (unpaired) electrons. The maximum atomic E-state index is 8.98. The average Bonchev–Trinajstić information content (AvgIpc) is 2.88. The van der Waals surface area contributed by atoms with E-state index in [4.69, 9.17) is 16.9 Å². The second kappa shape index (κ2) is 5.72. The molecule has 21 heavy (non-hydrogen) atoms. The molecule has 1 aromatic carbocycles. The fraction of sp³-hybridized carbons (Fsp3) is 0.0714. The number of benzene rings is 1. The van der Waals surface area contributed by atoms with Gasteiger partial charge in [0.25, 0.3) is 0 Å². The van der Waals surface area contributed by atoms with E-state index >= 15 is 0 Å². The number of anilines is 1. The van der Waals surface area contributed by atoms with Gasteiger partial charge in [0.05, 0.1) is 35.2 Å². The average molecular weight is 363 g/mol. The molecule has 0 saturated carbocycles. The Hall–Kier alpha value is -2.10. The largest absolute Gasteiger partial charge is 0.379 e. The van der Waals surface area contributed by atoms with Gasteiger partial charge in [-0.05, 0) is 34.1 Å². The summed E-state index contributed by atoms with van der Waals surface area (Å²) < 4.78 is 2.69. The zero-order valence-corrected chi connectivity index (χ0v) is 13.1. The zero-order chi connectivity index (χ0) is 14.8. The smallest absolute Gasteiger partial charge is 0.155 e. The second-order valence-corrected chi connectivity index (χ2v) is 5.57. The minimum atomic E-state index is 0.451. The number of nitrogens with one attached hydrogen (secondary N) is 1. The Morgan fingerprint density at radius 2 is 2.19 bits per heavy atom. The van der Waals surface area contributed by atoms with Crippen molar-refractivity contribution in [3.8, 4) is 6.07 Å². The van der Waals surface area contributed by atoms with Crippen LogP contribution in [0.4, 0.5) is 5.69 Å². The lowest BCUT2D eigenvalue weighted by Crippen LogP contribution is -2.03.